The van der Waals surface area contributed by atoms with E-state index in [1.165, 1.54) is 82.2 Å². The smallest absolute Gasteiger partial charge is 0.345 e. The van der Waals surface area contributed by atoms with Gasteiger partial charge in [0.2, 0.25) is 27.6 Å². The Kier molecular flexibility index (Phi) is 11.5. The largest absolute Gasteiger partial charge is 0.396 e. The van der Waals surface area contributed by atoms with Gasteiger partial charge in [-0.05, 0) is 103 Å². The number of benzene rings is 1. The fourth-order valence-corrected chi connectivity index (χ4v) is 17.1. The zero-order chi connectivity index (χ0) is 70.2. The fraction of sp³-hybridized carbons (Fsp3) is 0.0897. The van der Waals surface area contributed by atoms with Gasteiger partial charge in [-0.1, -0.05) is 29.5 Å². The van der Waals surface area contributed by atoms with Crippen molar-refractivity contribution < 1.29 is 31.4 Å². The molecule has 0 bridgehead atoms. The molecular weight excluding hydrogens is 1310 g/mol. The third kappa shape index (κ3) is 8.35. The van der Waals surface area contributed by atoms with Crippen LogP contribution in [0.25, 0.3) is 145 Å². The Morgan fingerprint density at radius 2 is 0.777 bits per heavy atom. The lowest BCUT2D eigenvalue weighted by molar-refractivity contribution is -0.671. The predicted molar refractivity (Wildman–Crippen MR) is 384 cm³/mol. The highest BCUT2D eigenvalue weighted by molar-refractivity contribution is 7.24. The standard InChI is InChI=1S/C20H14N5.2C15H12N5.C14H9N4O.C14H9N4S/c1-2-5-15(6-3-1)25-19-17(7-4-9-22-19)24-13-23-12-14-11-21-10-8-16(14)18(23)20(24)25;2*1-18-14-12(3-2-5-17-14)20-9-19-8-10-7-16-6-4-11(10)13(19)15(18)20;2*1-2-11-13(16-4-1)19-14-12-10-3-5-15-6-9(10)7-17(12)8-18(11)14/h1-11,13H,12H2;2*2-7,9H,8H2,1H3;2*1-6,8H,7H2/q5*+1/i;1D3;;;. The monoisotopic (exact) mass is 1370 g/mol. The molecule has 0 spiro atoms. The van der Waals surface area contributed by atoms with Gasteiger partial charge in [-0.15, -0.1) is 0 Å². The van der Waals surface area contributed by atoms with E-state index in [-0.39, 0.29) is 0 Å². The Hall–Kier alpha value is -13.8. The Labute approximate surface area is 590 Å². The lowest BCUT2D eigenvalue weighted by Gasteiger charge is -2.03. The number of imidazole rings is 8. The number of para-hydroxylation sites is 1. The lowest BCUT2D eigenvalue weighted by atomic mass is 10.1. The van der Waals surface area contributed by atoms with Crippen LogP contribution in [0.3, 0.4) is 0 Å². The molecule has 0 N–H and O–H groups in total. The quantitative estimate of drug-likeness (QED) is 0.142. The van der Waals surface area contributed by atoms with Gasteiger partial charge >= 0.3 is 5.71 Å². The van der Waals surface area contributed by atoms with Crippen LogP contribution >= 0.6 is 11.3 Å². The van der Waals surface area contributed by atoms with Crippen LogP contribution in [0, 0.1) is 0 Å². The maximum atomic E-state index is 7.96. The van der Waals surface area contributed by atoms with Crippen molar-refractivity contribution in [1.82, 2.24) is 85.5 Å². The fourth-order valence-electron chi connectivity index (χ4n) is 16.0. The molecule has 5 aliphatic heterocycles. The van der Waals surface area contributed by atoms with Crippen molar-refractivity contribution in [2.24, 2.45) is 14.0 Å². The number of aryl methyl sites for hydroxylation is 2. The molecule has 0 fully saturated rings. The number of nitrogens with zero attached hydrogens (tertiary/aromatic N) is 23. The summed E-state index contributed by atoms with van der Waals surface area (Å²) in [7, 11) is 2.07. The van der Waals surface area contributed by atoms with Crippen LogP contribution in [0.1, 0.15) is 31.9 Å². The van der Waals surface area contributed by atoms with E-state index in [2.05, 4.69) is 192 Å². The number of oxazole rings is 1. The van der Waals surface area contributed by atoms with Gasteiger partial charge in [-0.2, -0.15) is 22.0 Å². The molecule has 0 radical (unpaired) electrons. The van der Waals surface area contributed by atoms with Crippen LogP contribution in [0.15, 0.2) is 250 Å². The zero-order valence-corrected chi connectivity index (χ0v) is 55.5. The third-order valence-corrected chi connectivity index (χ3v) is 21.4. The van der Waals surface area contributed by atoms with Crippen molar-refractivity contribution in [1.29, 1.82) is 0 Å². The molecule has 25 heterocycles. The minimum atomic E-state index is -2.31. The van der Waals surface area contributed by atoms with E-state index >= 15 is 0 Å². The lowest BCUT2D eigenvalue weighted by Crippen LogP contribution is -2.29. The van der Waals surface area contributed by atoms with Gasteiger partial charge in [-0.3, -0.25) is 38.6 Å². The molecule has 21 aromatic rings. The molecule has 0 amide bonds. The summed E-state index contributed by atoms with van der Waals surface area (Å²) < 4.78 is 57.4. The number of pyridine rings is 10. The van der Waals surface area contributed by atoms with E-state index < -0.39 is 6.98 Å². The molecule has 0 unspecified atom stereocenters. The highest BCUT2D eigenvalue weighted by Gasteiger charge is 2.38. The molecule has 24 nitrogen and oxygen atoms in total. The van der Waals surface area contributed by atoms with E-state index in [0.717, 1.165) is 104 Å². The third-order valence-electron chi connectivity index (χ3n) is 20.4. The first-order valence-corrected chi connectivity index (χ1v) is 34.4. The van der Waals surface area contributed by atoms with Crippen LogP contribution in [0.4, 0.5) is 0 Å². The summed E-state index contributed by atoms with van der Waals surface area (Å²) in [5.74, 6) is 0. The Morgan fingerprint density at radius 1 is 0.369 bits per heavy atom. The van der Waals surface area contributed by atoms with E-state index in [9.17, 15) is 0 Å². The first-order valence-electron chi connectivity index (χ1n) is 35.1. The van der Waals surface area contributed by atoms with E-state index in [0.29, 0.717) is 23.6 Å². The second kappa shape index (κ2) is 21.8. The van der Waals surface area contributed by atoms with Crippen LogP contribution in [0.5, 0.6) is 0 Å². The first-order chi connectivity index (χ1) is 52.1. The van der Waals surface area contributed by atoms with Gasteiger partial charge in [0.15, 0.2) is 55.0 Å². The Balaban J connectivity index is 0.0000000830. The number of hydrogen-bond acceptors (Lipinski definition) is 12. The van der Waals surface area contributed by atoms with Crippen LogP contribution in [-0.2, 0) is 46.7 Å². The predicted octanol–water partition coefficient (Wildman–Crippen LogP) is 10.1. The van der Waals surface area contributed by atoms with Crippen LogP contribution < -0.4 is 22.8 Å². The summed E-state index contributed by atoms with van der Waals surface area (Å²) in [4.78, 5) is 45.6. The normalized spacial score (nSPS) is 13.5. The van der Waals surface area contributed by atoms with Gasteiger partial charge in [-0.25, -0.2) is 47.8 Å². The van der Waals surface area contributed by atoms with Gasteiger partial charge in [0, 0.05) is 167 Å². The van der Waals surface area contributed by atoms with Crippen LogP contribution in [0.2, 0.25) is 0 Å². The summed E-state index contributed by atoms with van der Waals surface area (Å²) in [6, 6.07) is 40.7. The number of rotatable bonds is 1. The second-order valence-electron chi connectivity index (χ2n) is 26.0. The molecule has 0 aliphatic carbocycles. The number of hydrogen-bond donors (Lipinski definition) is 0. The SMILES string of the molecule is Cn1c2ncccc2n2c[n+]3c(c12)-c1ccncc1C3.[2H]C([2H])([2H])n1c2ncccc2n2c[n+]3c(c12)-c1ccncc1C3.c1ccc(-n2c3ncccc3n3c[n+]4c(c23)-c2ccncc2C4)cc1.c1cnc2oc3c4[n+](cn3c2c1)Cc1cnccc1-4.c1cnc2sc3c4[n+](cn3c2c1)Cc1cnccc1-4. The van der Waals surface area contributed by atoms with Crippen molar-refractivity contribution >= 4 is 93.9 Å². The second-order valence-corrected chi connectivity index (χ2v) is 27.0. The van der Waals surface area contributed by atoms with Crippen LogP contribution in [-0.4, -0.2) is 85.5 Å². The zero-order valence-electron chi connectivity index (χ0n) is 57.7. The summed E-state index contributed by atoms with van der Waals surface area (Å²) >= 11 is 1.75. The number of fused-ring (bicyclic) bond motifs is 35. The Morgan fingerprint density at radius 3 is 1.33 bits per heavy atom. The summed E-state index contributed by atoms with van der Waals surface area (Å²) in [6.07, 6.45) is 38.2. The van der Waals surface area contributed by atoms with Crippen molar-refractivity contribution in [3.05, 3.63) is 274 Å². The molecule has 0 saturated heterocycles. The number of aromatic nitrogens is 23. The van der Waals surface area contributed by atoms with Crippen molar-refractivity contribution in [3.8, 4) is 62.0 Å². The molecule has 0 saturated carbocycles. The molecule has 20 aromatic heterocycles. The minimum Gasteiger partial charge on any atom is -0.396 e. The van der Waals surface area contributed by atoms with Crippen molar-refractivity contribution in [2.45, 2.75) is 32.7 Å². The van der Waals surface area contributed by atoms with Crippen molar-refractivity contribution in [2.75, 3.05) is 0 Å². The molecular formula is C78H56N23OS+5. The van der Waals surface area contributed by atoms with E-state index in [1.54, 1.807) is 29.9 Å². The minimum absolute atomic E-state index is 0.466. The molecule has 0 atom stereocenters. The Bertz CT molecular complexity index is 7090. The molecule has 26 rings (SSSR count). The molecule has 103 heavy (non-hydrogen) atoms. The summed E-state index contributed by atoms with van der Waals surface area (Å²) in [5, 5.41) is 0. The molecule has 1 aromatic carbocycles. The highest BCUT2D eigenvalue weighted by Crippen LogP contribution is 2.40. The maximum Gasteiger partial charge on any atom is 0.345 e. The summed E-state index contributed by atoms with van der Waals surface area (Å²) in [5.41, 5.74) is 31.2. The molecule has 490 valence electrons. The highest BCUT2D eigenvalue weighted by atomic mass is 32.1. The van der Waals surface area contributed by atoms with Crippen molar-refractivity contribution in [3.63, 3.8) is 0 Å². The maximum absolute atomic E-state index is 7.96. The van der Waals surface area contributed by atoms with E-state index in [1.807, 2.05) is 146 Å². The average molecular weight is 1370 g/mol. The number of thiazole rings is 1. The first kappa shape index (κ1) is 54.1. The topological polar surface area (TPSA) is 198 Å². The molecule has 25 heteroatoms. The average Bonchev–Trinajstić information content (AvgIpc) is 1.56. The molecule has 5 aliphatic rings. The van der Waals surface area contributed by atoms with Gasteiger partial charge in [0.05, 0.1) is 5.69 Å². The van der Waals surface area contributed by atoms with Gasteiger partial charge < -0.3 is 4.42 Å². The van der Waals surface area contributed by atoms with Gasteiger partial charge in [0.1, 0.15) is 32.7 Å². The van der Waals surface area contributed by atoms with E-state index in [4.69, 9.17) is 8.53 Å². The summed E-state index contributed by atoms with van der Waals surface area (Å²) in [6.45, 7) is 1.90. The van der Waals surface area contributed by atoms with Gasteiger partial charge in [0.25, 0.3) is 54.3 Å².